The van der Waals surface area contributed by atoms with E-state index in [0.29, 0.717) is 29.1 Å². The Balaban J connectivity index is 1.33. The molecule has 0 fully saturated rings. The lowest BCUT2D eigenvalue weighted by atomic mass is 10.2. The number of esters is 1. The van der Waals surface area contributed by atoms with Gasteiger partial charge in [-0.05, 0) is 89.5 Å². The van der Waals surface area contributed by atoms with E-state index in [1.54, 1.807) is 72.8 Å². The fourth-order valence-corrected chi connectivity index (χ4v) is 5.13. The van der Waals surface area contributed by atoms with E-state index in [4.69, 9.17) is 4.74 Å². The number of rotatable bonds is 13. The minimum absolute atomic E-state index is 0.102. The number of anilines is 2. The van der Waals surface area contributed by atoms with Crippen molar-refractivity contribution in [2.75, 3.05) is 23.0 Å². The Kier molecular flexibility index (Phi) is 11.7. The molecule has 10 heteroatoms. The zero-order valence-corrected chi connectivity index (χ0v) is 25.1. The standard InChI is InChI=1S/C33H31N3O5S2/c1-2-3-17-41-33(40)25-12-14-26(15-13-25)34-30(37)22-43-28-11-7-10-27(20-28)35-32(39)29(19-23-16-18-42-21-23)36-31(38)24-8-5-4-6-9-24/h4-16,18-21H,2-3,17,22H2,1H3,(H,34,37)(H,35,39)(H,36,38)/b29-19-. The summed E-state index contributed by atoms with van der Waals surface area (Å²) in [7, 11) is 0. The molecule has 3 amide bonds. The van der Waals surface area contributed by atoms with Gasteiger partial charge in [-0.25, -0.2) is 4.79 Å². The molecule has 8 nitrogen and oxygen atoms in total. The number of thioether (sulfide) groups is 1. The molecule has 43 heavy (non-hydrogen) atoms. The molecular formula is C33H31N3O5S2. The second-order valence-corrected chi connectivity index (χ2v) is 11.1. The van der Waals surface area contributed by atoms with E-state index in [2.05, 4.69) is 16.0 Å². The summed E-state index contributed by atoms with van der Waals surface area (Å²) in [6, 6.07) is 24.2. The molecule has 0 spiro atoms. The van der Waals surface area contributed by atoms with Gasteiger partial charge < -0.3 is 20.7 Å². The Morgan fingerprint density at radius 1 is 0.860 bits per heavy atom. The van der Waals surface area contributed by atoms with Gasteiger partial charge in [-0.2, -0.15) is 11.3 Å². The van der Waals surface area contributed by atoms with Crippen LogP contribution in [0.4, 0.5) is 11.4 Å². The van der Waals surface area contributed by atoms with Crippen LogP contribution in [-0.4, -0.2) is 36.1 Å². The molecule has 0 radical (unpaired) electrons. The van der Waals surface area contributed by atoms with Crippen LogP contribution in [0.15, 0.2) is 106 Å². The zero-order chi connectivity index (χ0) is 30.4. The van der Waals surface area contributed by atoms with Gasteiger partial charge in [-0.1, -0.05) is 37.6 Å². The number of ether oxygens (including phenoxy) is 1. The van der Waals surface area contributed by atoms with Gasteiger partial charge in [0.05, 0.1) is 17.9 Å². The highest BCUT2D eigenvalue weighted by Crippen LogP contribution is 2.23. The predicted molar refractivity (Wildman–Crippen MR) is 172 cm³/mol. The maximum atomic E-state index is 13.2. The fourth-order valence-electron chi connectivity index (χ4n) is 3.76. The van der Waals surface area contributed by atoms with E-state index in [0.717, 1.165) is 23.3 Å². The van der Waals surface area contributed by atoms with E-state index >= 15 is 0 Å². The quantitative estimate of drug-likeness (QED) is 0.0658. The Morgan fingerprint density at radius 3 is 2.37 bits per heavy atom. The first kappa shape index (κ1) is 31.3. The minimum atomic E-state index is -0.479. The molecule has 0 saturated heterocycles. The van der Waals surface area contributed by atoms with Crippen molar-refractivity contribution in [3.05, 3.63) is 118 Å². The van der Waals surface area contributed by atoms with Crippen LogP contribution >= 0.6 is 23.1 Å². The lowest BCUT2D eigenvalue weighted by Gasteiger charge is -2.12. The van der Waals surface area contributed by atoms with Crippen molar-refractivity contribution in [3.8, 4) is 0 Å². The first-order valence-electron chi connectivity index (χ1n) is 13.6. The van der Waals surface area contributed by atoms with Crippen LogP contribution in [-0.2, 0) is 14.3 Å². The van der Waals surface area contributed by atoms with Crippen LogP contribution in [0.2, 0.25) is 0 Å². The van der Waals surface area contributed by atoms with Crippen molar-refractivity contribution in [1.82, 2.24) is 5.32 Å². The molecular weight excluding hydrogens is 583 g/mol. The third kappa shape index (κ3) is 9.98. The third-order valence-electron chi connectivity index (χ3n) is 5.98. The highest BCUT2D eigenvalue weighted by Gasteiger charge is 2.16. The zero-order valence-electron chi connectivity index (χ0n) is 23.5. The molecule has 1 heterocycles. The summed E-state index contributed by atoms with van der Waals surface area (Å²) in [4.78, 5) is 51.4. The number of thiophene rings is 1. The average Bonchev–Trinajstić information content (AvgIpc) is 3.54. The molecule has 0 bridgehead atoms. The molecule has 4 rings (SSSR count). The Hall–Kier alpha value is -4.67. The number of hydrogen-bond donors (Lipinski definition) is 3. The van der Waals surface area contributed by atoms with Crippen LogP contribution in [0.1, 0.15) is 46.0 Å². The topological polar surface area (TPSA) is 114 Å². The average molecular weight is 614 g/mol. The number of amides is 3. The molecule has 0 unspecified atom stereocenters. The highest BCUT2D eigenvalue weighted by molar-refractivity contribution is 8.00. The molecule has 0 saturated carbocycles. The highest BCUT2D eigenvalue weighted by atomic mass is 32.2. The van der Waals surface area contributed by atoms with Crippen molar-refractivity contribution in [3.63, 3.8) is 0 Å². The maximum absolute atomic E-state index is 13.2. The molecule has 3 aromatic carbocycles. The van der Waals surface area contributed by atoms with Crippen molar-refractivity contribution in [2.45, 2.75) is 24.7 Å². The third-order valence-corrected chi connectivity index (χ3v) is 7.68. The molecule has 4 aromatic rings. The summed E-state index contributed by atoms with van der Waals surface area (Å²) in [5.74, 6) is -1.35. The van der Waals surface area contributed by atoms with Crippen LogP contribution in [0.25, 0.3) is 6.08 Å². The number of carbonyl (C=O) groups excluding carboxylic acids is 4. The van der Waals surface area contributed by atoms with Crippen molar-refractivity contribution in [2.24, 2.45) is 0 Å². The fraction of sp³-hybridized carbons (Fsp3) is 0.152. The van der Waals surface area contributed by atoms with Crippen LogP contribution in [0.5, 0.6) is 0 Å². The van der Waals surface area contributed by atoms with E-state index in [1.165, 1.54) is 23.1 Å². The van der Waals surface area contributed by atoms with Gasteiger partial charge in [-0.3, -0.25) is 14.4 Å². The second-order valence-electron chi connectivity index (χ2n) is 9.32. The monoisotopic (exact) mass is 613 g/mol. The van der Waals surface area contributed by atoms with E-state index in [9.17, 15) is 19.2 Å². The lowest BCUT2D eigenvalue weighted by molar-refractivity contribution is -0.114. The normalized spacial score (nSPS) is 11.0. The Morgan fingerprint density at radius 2 is 1.65 bits per heavy atom. The number of benzene rings is 3. The molecule has 0 aliphatic carbocycles. The van der Waals surface area contributed by atoms with E-state index in [-0.39, 0.29) is 23.3 Å². The summed E-state index contributed by atoms with van der Waals surface area (Å²) in [5.41, 5.74) is 2.84. The van der Waals surface area contributed by atoms with Gasteiger partial charge in [0.25, 0.3) is 11.8 Å². The first-order chi connectivity index (χ1) is 20.9. The molecule has 1 aromatic heterocycles. The van der Waals surface area contributed by atoms with Crippen LogP contribution in [0.3, 0.4) is 0 Å². The van der Waals surface area contributed by atoms with Crippen LogP contribution in [0, 0.1) is 0 Å². The minimum Gasteiger partial charge on any atom is -0.462 e. The van der Waals surface area contributed by atoms with Gasteiger partial charge in [0, 0.05) is 21.8 Å². The summed E-state index contributed by atoms with van der Waals surface area (Å²) in [6.45, 7) is 2.41. The smallest absolute Gasteiger partial charge is 0.338 e. The SMILES string of the molecule is CCCCOC(=O)c1ccc(NC(=O)CSc2cccc(NC(=O)/C(=C/c3ccsc3)NC(=O)c3ccccc3)c2)cc1. The summed E-state index contributed by atoms with van der Waals surface area (Å²) >= 11 is 2.79. The van der Waals surface area contributed by atoms with Crippen molar-refractivity contribution < 1.29 is 23.9 Å². The predicted octanol–water partition coefficient (Wildman–Crippen LogP) is 6.85. The van der Waals surface area contributed by atoms with Crippen LogP contribution < -0.4 is 16.0 Å². The number of hydrogen-bond acceptors (Lipinski definition) is 7. The van der Waals surface area contributed by atoms with Gasteiger partial charge in [0.1, 0.15) is 5.70 Å². The number of carbonyl (C=O) groups is 4. The second kappa shape index (κ2) is 16.1. The van der Waals surface area contributed by atoms with Gasteiger partial charge in [0.15, 0.2) is 0 Å². The van der Waals surface area contributed by atoms with Gasteiger partial charge in [-0.15, -0.1) is 11.8 Å². The molecule has 0 atom stereocenters. The summed E-state index contributed by atoms with van der Waals surface area (Å²) in [6.07, 6.45) is 3.38. The Labute approximate surface area is 258 Å². The van der Waals surface area contributed by atoms with Gasteiger partial charge in [0.2, 0.25) is 5.91 Å². The van der Waals surface area contributed by atoms with E-state index in [1.807, 2.05) is 35.9 Å². The Bertz CT molecular complexity index is 1570. The van der Waals surface area contributed by atoms with Crippen molar-refractivity contribution in [1.29, 1.82) is 0 Å². The largest absolute Gasteiger partial charge is 0.462 e. The molecule has 0 aliphatic heterocycles. The molecule has 0 aliphatic rings. The maximum Gasteiger partial charge on any atom is 0.338 e. The van der Waals surface area contributed by atoms with E-state index < -0.39 is 11.8 Å². The first-order valence-corrected chi connectivity index (χ1v) is 15.6. The summed E-state index contributed by atoms with van der Waals surface area (Å²) < 4.78 is 5.21. The summed E-state index contributed by atoms with van der Waals surface area (Å²) in [5, 5.41) is 12.1. The lowest BCUT2D eigenvalue weighted by Crippen LogP contribution is -2.30. The molecule has 220 valence electrons. The van der Waals surface area contributed by atoms with Gasteiger partial charge >= 0.3 is 5.97 Å². The number of unbranched alkanes of at least 4 members (excludes halogenated alkanes) is 1. The number of nitrogens with one attached hydrogen (secondary N) is 3. The molecule has 3 N–H and O–H groups in total. The van der Waals surface area contributed by atoms with Crippen molar-refractivity contribution >= 4 is 64.2 Å².